The van der Waals surface area contributed by atoms with Gasteiger partial charge in [-0.1, -0.05) is 30.3 Å². The first-order chi connectivity index (χ1) is 12.2. The molecule has 0 bridgehead atoms. The maximum atomic E-state index is 13.0. The number of fused-ring (bicyclic) bond motifs is 1. The monoisotopic (exact) mass is 357 g/mol. The largest absolute Gasteiger partial charge is 0.369 e. The van der Waals surface area contributed by atoms with Gasteiger partial charge in [0.15, 0.2) is 0 Å². The van der Waals surface area contributed by atoms with Crippen molar-refractivity contribution >= 4 is 15.7 Å². The number of hydrogen-bond acceptors (Lipinski definition) is 4. The van der Waals surface area contributed by atoms with E-state index in [1.807, 2.05) is 6.07 Å². The van der Waals surface area contributed by atoms with E-state index in [-0.39, 0.29) is 0 Å². The molecule has 6 heteroatoms. The Morgan fingerprint density at radius 3 is 2.40 bits per heavy atom. The number of benzene rings is 2. The molecular formula is C19H23N3O2S. The average Bonchev–Trinajstić information content (AvgIpc) is 2.68. The Hall–Kier alpha value is -1.89. The number of nitrogens with one attached hydrogen (secondary N) is 1. The third-order valence-electron chi connectivity index (χ3n) is 5.05. The maximum absolute atomic E-state index is 13.0. The zero-order valence-corrected chi connectivity index (χ0v) is 15.0. The highest BCUT2D eigenvalue weighted by atomic mass is 32.2. The fraction of sp³-hybridized carbons (Fsp3) is 0.368. The summed E-state index contributed by atoms with van der Waals surface area (Å²) in [5.74, 6) is 0. The van der Waals surface area contributed by atoms with E-state index in [2.05, 4.69) is 28.4 Å². The predicted molar refractivity (Wildman–Crippen MR) is 99.3 cm³/mol. The van der Waals surface area contributed by atoms with Crippen molar-refractivity contribution in [3.8, 4) is 0 Å². The van der Waals surface area contributed by atoms with Crippen LogP contribution in [0.15, 0.2) is 53.4 Å². The van der Waals surface area contributed by atoms with Crippen LogP contribution in [0.25, 0.3) is 0 Å². The van der Waals surface area contributed by atoms with Gasteiger partial charge in [-0.3, -0.25) is 0 Å². The molecule has 1 fully saturated rings. The molecule has 0 aliphatic carbocycles. The Bertz CT molecular complexity index is 846. The summed E-state index contributed by atoms with van der Waals surface area (Å²) in [5.41, 5.74) is 3.62. The van der Waals surface area contributed by atoms with Crippen LogP contribution in [0, 0.1) is 0 Å². The van der Waals surface area contributed by atoms with Crippen molar-refractivity contribution in [2.45, 2.75) is 17.9 Å². The van der Waals surface area contributed by atoms with Gasteiger partial charge in [-0.15, -0.1) is 0 Å². The number of sulfonamides is 1. The van der Waals surface area contributed by atoms with E-state index in [0.29, 0.717) is 18.0 Å². The number of anilines is 1. The van der Waals surface area contributed by atoms with Crippen molar-refractivity contribution < 1.29 is 8.42 Å². The molecule has 0 amide bonds. The van der Waals surface area contributed by atoms with Crippen molar-refractivity contribution in [3.63, 3.8) is 0 Å². The molecule has 4 rings (SSSR count). The lowest BCUT2D eigenvalue weighted by Gasteiger charge is -2.35. The third kappa shape index (κ3) is 3.17. The van der Waals surface area contributed by atoms with Crippen LogP contribution in [0.5, 0.6) is 0 Å². The molecule has 0 spiro atoms. The SMILES string of the molecule is O=S(=O)(c1ccccc1)N1CCc2cccc(N3CCNCC3)c2C1. The second-order valence-electron chi connectivity index (χ2n) is 6.55. The second-order valence-corrected chi connectivity index (χ2v) is 8.49. The molecule has 1 saturated heterocycles. The molecule has 0 unspecified atom stereocenters. The van der Waals surface area contributed by atoms with E-state index in [1.165, 1.54) is 11.3 Å². The van der Waals surface area contributed by atoms with E-state index in [4.69, 9.17) is 0 Å². The predicted octanol–water partition coefficient (Wildman–Crippen LogP) is 1.84. The molecule has 5 nitrogen and oxygen atoms in total. The van der Waals surface area contributed by atoms with Crippen LogP contribution in [-0.2, 0) is 23.0 Å². The van der Waals surface area contributed by atoms with E-state index in [9.17, 15) is 8.42 Å². The highest BCUT2D eigenvalue weighted by molar-refractivity contribution is 7.89. The lowest BCUT2D eigenvalue weighted by atomic mass is 9.98. The summed E-state index contributed by atoms with van der Waals surface area (Å²) >= 11 is 0. The molecule has 1 N–H and O–H groups in total. The highest BCUT2D eigenvalue weighted by Crippen LogP contribution is 2.32. The van der Waals surface area contributed by atoms with Gasteiger partial charge in [-0.05, 0) is 35.7 Å². The lowest BCUT2D eigenvalue weighted by Crippen LogP contribution is -2.44. The van der Waals surface area contributed by atoms with Crippen LogP contribution in [0.4, 0.5) is 5.69 Å². The van der Waals surface area contributed by atoms with Crippen molar-refractivity contribution in [1.29, 1.82) is 0 Å². The molecule has 2 aliphatic heterocycles. The quantitative estimate of drug-likeness (QED) is 0.911. The van der Waals surface area contributed by atoms with Crippen molar-refractivity contribution in [2.24, 2.45) is 0 Å². The summed E-state index contributed by atoms with van der Waals surface area (Å²) in [6.07, 6.45) is 0.765. The Labute approximate surface area is 149 Å². The summed E-state index contributed by atoms with van der Waals surface area (Å²) in [5, 5.41) is 3.37. The smallest absolute Gasteiger partial charge is 0.243 e. The Morgan fingerprint density at radius 2 is 1.64 bits per heavy atom. The minimum atomic E-state index is -3.45. The van der Waals surface area contributed by atoms with E-state index in [1.54, 1.807) is 28.6 Å². The van der Waals surface area contributed by atoms with Gasteiger partial charge in [0.1, 0.15) is 0 Å². The van der Waals surface area contributed by atoms with Crippen LogP contribution >= 0.6 is 0 Å². The lowest BCUT2D eigenvalue weighted by molar-refractivity contribution is 0.391. The second kappa shape index (κ2) is 6.78. The van der Waals surface area contributed by atoms with Crippen LogP contribution in [-0.4, -0.2) is 45.4 Å². The highest BCUT2D eigenvalue weighted by Gasteiger charge is 2.30. The fourth-order valence-electron chi connectivity index (χ4n) is 3.69. The zero-order chi connectivity index (χ0) is 17.3. The fourth-order valence-corrected chi connectivity index (χ4v) is 5.12. The molecule has 132 valence electrons. The van der Waals surface area contributed by atoms with Crippen molar-refractivity contribution in [1.82, 2.24) is 9.62 Å². The van der Waals surface area contributed by atoms with Crippen LogP contribution in [0.1, 0.15) is 11.1 Å². The van der Waals surface area contributed by atoms with E-state index >= 15 is 0 Å². The molecule has 25 heavy (non-hydrogen) atoms. The molecule has 2 aromatic carbocycles. The minimum absolute atomic E-state index is 0.373. The van der Waals surface area contributed by atoms with Gasteiger partial charge >= 0.3 is 0 Å². The summed E-state index contributed by atoms with van der Waals surface area (Å²) in [7, 11) is -3.45. The number of rotatable bonds is 3. The summed E-state index contributed by atoms with van der Waals surface area (Å²) in [6.45, 7) is 4.84. The third-order valence-corrected chi connectivity index (χ3v) is 6.91. The van der Waals surface area contributed by atoms with Gasteiger partial charge < -0.3 is 10.2 Å². The van der Waals surface area contributed by atoms with Crippen molar-refractivity contribution in [3.05, 3.63) is 59.7 Å². The summed E-state index contributed by atoms with van der Waals surface area (Å²) < 4.78 is 27.6. The van der Waals surface area contributed by atoms with Gasteiger partial charge in [0.25, 0.3) is 0 Å². The van der Waals surface area contributed by atoms with Crippen LogP contribution in [0.2, 0.25) is 0 Å². The Kier molecular flexibility index (Phi) is 4.50. The Balaban J connectivity index is 1.66. The molecule has 0 atom stereocenters. The van der Waals surface area contributed by atoms with Gasteiger partial charge in [0.2, 0.25) is 10.0 Å². The topological polar surface area (TPSA) is 52.7 Å². The first kappa shape index (κ1) is 16.6. The van der Waals surface area contributed by atoms with E-state index in [0.717, 1.165) is 38.2 Å². The number of hydrogen-bond donors (Lipinski definition) is 1. The first-order valence-corrected chi connectivity index (χ1v) is 10.2. The summed E-state index contributed by atoms with van der Waals surface area (Å²) in [4.78, 5) is 2.74. The minimum Gasteiger partial charge on any atom is -0.369 e. The maximum Gasteiger partial charge on any atom is 0.243 e. The normalized spacial score (nSPS) is 18.8. The van der Waals surface area contributed by atoms with Gasteiger partial charge in [0.05, 0.1) is 4.90 Å². The van der Waals surface area contributed by atoms with Gasteiger partial charge in [0, 0.05) is 45.0 Å². The van der Waals surface area contributed by atoms with Crippen LogP contribution < -0.4 is 10.2 Å². The molecule has 2 heterocycles. The molecule has 2 aromatic rings. The molecule has 0 saturated carbocycles. The average molecular weight is 357 g/mol. The van der Waals surface area contributed by atoms with Gasteiger partial charge in [-0.25, -0.2) is 8.42 Å². The molecule has 2 aliphatic rings. The standard InChI is InChI=1S/C19H23N3O2S/c23-25(24,17-6-2-1-3-7-17)22-12-9-16-5-4-8-19(18(16)15-22)21-13-10-20-11-14-21/h1-8,20H,9-15H2. The van der Waals surface area contributed by atoms with Gasteiger partial charge in [-0.2, -0.15) is 4.31 Å². The van der Waals surface area contributed by atoms with E-state index < -0.39 is 10.0 Å². The molecule has 0 aromatic heterocycles. The number of nitrogens with zero attached hydrogens (tertiary/aromatic N) is 2. The summed E-state index contributed by atoms with van der Waals surface area (Å²) in [6, 6.07) is 15.1. The van der Waals surface area contributed by atoms with Crippen LogP contribution in [0.3, 0.4) is 0 Å². The first-order valence-electron chi connectivity index (χ1n) is 8.78. The molecular weight excluding hydrogens is 334 g/mol. The van der Waals surface area contributed by atoms with Crippen molar-refractivity contribution in [2.75, 3.05) is 37.6 Å². The Morgan fingerprint density at radius 1 is 0.880 bits per heavy atom. The molecule has 0 radical (unpaired) electrons. The zero-order valence-electron chi connectivity index (χ0n) is 14.2. The number of piperazine rings is 1.